The van der Waals surface area contributed by atoms with Crippen LogP contribution in [-0.4, -0.2) is 60.1 Å². The summed E-state index contributed by atoms with van der Waals surface area (Å²) in [5, 5.41) is 11.2. The summed E-state index contributed by atoms with van der Waals surface area (Å²) in [5.41, 5.74) is 4.50. The molecule has 1 aliphatic rings. The van der Waals surface area contributed by atoms with Gasteiger partial charge in [0.2, 0.25) is 0 Å². The number of fused-ring (bicyclic) bond motifs is 2. The average Bonchev–Trinajstić information content (AvgIpc) is 3.49. The van der Waals surface area contributed by atoms with E-state index in [4.69, 9.17) is 0 Å². The largest absolute Gasteiger partial charge is 0.349 e. The Morgan fingerprint density at radius 2 is 1.91 bits per heavy atom. The number of hydrogen-bond acceptors (Lipinski definition) is 6. The number of nitrogens with one attached hydrogen (secondary N) is 3. The minimum absolute atomic E-state index is 0.116. The number of pyridine rings is 2. The zero-order chi connectivity index (χ0) is 22.9. The molecule has 0 unspecified atom stereocenters. The normalized spacial score (nSPS) is 15.2. The summed E-state index contributed by atoms with van der Waals surface area (Å²) >= 11 is 0. The van der Waals surface area contributed by atoms with Crippen molar-refractivity contribution in [2.45, 2.75) is 25.4 Å². The minimum Gasteiger partial charge on any atom is -0.349 e. The monoisotopic (exact) mass is 452 g/mol. The number of likely N-dealkylation sites (tertiary alicyclic amines) is 1. The summed E-state index contributed by atoms with van der Waals surface area (Å²) < 4.78 is 0. The number of piperidine rings is 1. The summed E-state index contributed by atoms with van der Waals surface area (Å²) in [5.74, 6) is 0.472. The van der Waals surface area contributed by atoms with Crippen molar-refractivity contribution >= 4 is 28.1 Å². The number of rotatable bonds is 5. The van der Waals surface area contributed by atoms with E-state index in [-0.39, 0.29) is 11.9 Å². The van der Waals surface area contributed by atoms with E-state index in [0.717, 1.165) is 43.4 Å². The highest BCUT2D eigenvalue weighted by Gasteiger charge is 2.22. The third-order valence-electron chi connectivity index (χ3n) is 6.33. The van der Waals surface area contributed by atoms with Crippen LogP contribution in [0.15, 0.2) is 60.9 Å². The molecule has 3 N–H and O–H groups in total. The second kappa shape index (κ2) is 8.68. The Kier molecular flexibility index (Phi) is 5.23. The molecule has 1 saturated heterocycles. The van der Waals surface area contributed by atoms with E-state index in [2.05, 4.69) is 64.6 Å². The van der Waals surface area contributed by atoms with Crippen LogP contribution >= 0.6 is 0 Å². The molecule has 5 aromatic rings. The van der Waals surface area contributed by atoms with Gasteiger partial charge in [0.25, 0.3) is 5.91 Å². The van der Waals surface area contributed by atoms with Crippen LogP contribution in [-0.2, 0) is 6.54 Å². The Hall–Kier alpha value is -4.11. The predicted molar refractivity (Wildman–Crippen MR) is 129 cm³/mol. The molecule has 4 aromatic heterocycles. The molecule has 6 rings (SSSR count). The molecule has 9 nitrogen and oxygen atoms in total. The summed E-state index contributed by atoms with van der Waals surface area (Å²) in [6.45, 7) is 2.87. The van der Waals surface area contributed by atoms with Crippen molar-refractivity contribution in [3.8, 4) is 11.5 Å². The molecule has 0 saturated carbocycles. The quantitative estimate of drug-likeness (QED) is 0.377. The number of carbonyl (C=O) groups excluding carboxylic acids is 1. The second-order valence-corrected chi connectivity index (χ2v) is 8.66. The summed E-state index contributed by atoms with van der Waals surface area (Å²) in [7, 11) is 0. The fourth-order valence-corrected chi connectivity index (χ4v) is 4.51. The van der Waals surface area contributed by atoms with E-state index in [1.165, 1.54) is 5.56 Å². The number of aromatic amines is 2. The summed E-state index contributed by atoms with van der Waals surface area (Å²) in [6.07, 6.45) is 5.15. The van der Waals surface area contributed by atoms with Crippen LogP contribution in [0.25, 0.3) is 33.7 Å². The lowest BCUT2D eigenvalue weighted by Crippen LogP contribution is -2.44. The first-order valence-corrected chi connectivity index (χ1v) is 11.5. The van der Waals surface area contributed by atoms with Crippen LogP contribution in [0.3, 0.4) is 0 Å². The van der Waals surface area contributed by atoms with Crippen molar-refractivity contribution in [2.24, 2.45) is 0 Å². The van der Waals surface area contributed by atoms with Gasteiger partial charge in [-0.2, -0.15) is 5.10 Å². The van der Waals surface area contributed by atoms with Crippen molar-refractivity contribution in [2.75, 3.05) is 13.1 Å². The van der Waals surface area contributed by atoms with Crippen molar-refractivity contribution < 1.29 is 4.79 Å². The van der Waals surface area contributed by atoms with Gasteiger partial charge in [-0.15, -0.1) is 0 Å². The zero-order valence-corrected chi connectivity index (χ0v) is 18.5. The van der Waals surface area contributed by atoms with Gasteiger partial charge < -0.3 is 10.3 Å². The molecule has 34 heavy (non-hydrogen) atoms. The van der Waals surface area contributed by atoms with E-state index < -0.39 is 0 Å². The third-order valence-corrected chi connectivity index (χ3v) is 6.33. The maximum Gasteiger partial charge on any atom is 0.253 e. The van der Waals surface area contributed by atoms with Crippen LogP contribution in [0, 0.1) is 0 Å². The molecule has 0 spiro atoms. The highest BCUT2D eigenvalue weighted by molar-refractivity contribution is 5.99. The molecule has 1 fully saturated rings. The van der Waals surface area contributed by atoms with Gasteiger partial charge in [0.05, 0.1) is 10.9 Å². The number of amides is 1. The number of H-pyrrole nitrogens is 2. The first kappa shape index (κ1) is 20.5. The molecule has 0 bridgehead atoms. The zero-order valence-electron chi connectivity index (χ0n) is 18.5. The Morgan fingerprint density at radius 3 is 2.74 bits per heavy atom. The van der Waals surface area contributed by atoms with Gasteiger partial charge >= 0.3 is 0 Å². The first-order valence-electron chi connectivity index (χ1n) is 11.5. The lowest BCUT2D eigenvalue weighted by Gasteiger charge is -2.32. The van der Waals surface area contributed by atoms with Gasteiger partial charge in [-0.3, -0.25) is 14.8 Å². The SMILES string of the molecule is O=C(NC1CCN(Cc2ccccc2)CC1)c1cnc2[nH]nc(-c3nc4cccnc4[nH]3)c2c1. The lowest BCUT2D eigenvalue weighted by molar-refractivity contribution is 0.0908. The average molecular weight is 453 g/mol. The molecule has 0 atom stereocenters. The Bertz CT molecular complexity index is 1420. The molecule has 9 heteroatoms. The molecule has 1 aliphatic heterocycles. The molecule has 0 aliphatic carbocycles. The maximum absolute atomic E-state index is 13.0. The molecule has 1 amide bonds. The van der Waals surface area contributed by atoms with Crippen LogP contribution < -0.4 is 5.32 Å². The highest BCUT2D eigenvalue weighted by Crippen LogP contribution is 2.25. The van der Waals surface area contributed by atoms with E-state index in [9.17, 15) is 4.79 Å². The lowest BCUT2D eigenvalue weighted by atomic mass is 10.0. The fourth-order valence-electron chi connectivity index (χ4n) is 4.51. The van der Waals surface area contributed by atoms with Gasteiger partial charge in [-0.05, 0) is 36.6 Å². The van der Waals surface area contributed by atoms with Crippen LogP contribution in [0.4, 0.5) is 0 Å². The van der Waals surface area contributed by atoms with E-state index in [1.54, 1.807) is 12.4 Å². The van der Waals surface area contributed by atoms with Gasteiger partial charge in [0.1, 0.15) is 11.2 Å². The van der Waals surface area contributed by atoms with E-state index in [0.29, 0.717) is 28.4 Å². The third kappa shape index (κ3) is 4.01. The number of aromatic nitrogens is 6. The van der Waals surface area contributed by atoms with Crippen molar-refractivity contribution in [1.82, 2.24) is 40.3 Å². The molecule has 5 heterocycles. The van der Waals surface area contributed by atoms with Gasteiger partial charge in [-0.1, -0.05) is 30.3 Å². The number of nitrogens with zero attached hydrogens (tertiary/aromatic N) is 5. The van der Waals surface area contributed by atoms with Crippen molar-refractivity contribution in [3.63, 3.8) is 0 Å². The summed E-state index contributed by atoms with van der Waals surface area (Å²) in [6, 6.07) is 16.2. The number of benzene rings is 1. The predicted octanol–water partition coefficient (Wildman–Crippen LogP) is 3.29. The number of imidazole rings is 1. The molecular formula is C25H24N8O. The number of carbonyl (C=O) groups is 1. The topological polar surface area (TPSA) is 115 Å². The van der Waals surface area contributed by atoms with Crippen LogP contribution in [0.2, 0.25) is 0 Å². The Labute approximate surface area is 195 Å². The molecule has 0 radical (unpaired) electrons. The molecule has 1 aromatic carbocycles. The van der Waals surface area contributed by atoms with Gasteiger partial charge in [-0.25, -0.2) is 15.0 Å². The van der Waals surface area contributed by atoms with Crippen LogP contribution in [0.5, 0.6) is 0 Å². The summed E-state index contributed by atoms with van der Waals surface area (Å²) in [4.78, 5) is 31.9. The first-order chi connectivity index (χ1) is 16.7. The molecule has 170 valence electrons. The Morgan fingerprint density at radius 1 is 1.06 bits per heavy atom. The van der Waals surface area contributed by atoms with Crippen LogP contribution in [0.1, 0.15) is 28.8 Å². The minimum atomic E-state index is -0.116. The Balaban J connectivity index is 1.15. The maximum atomic E-state index is 13.0. The molecular weight excluding hydrogens is 428 g/mol. The smallest absolute Gasteiger partial charge is 0.253 e. The number of hydrogen-bond donors (Lipinski definition) is 3. The second-order valence-electron chi connectivity index (χ2n) is 8.66. The van der Waals surface area contributed by atoms with Crippen molar-refractivity contribution in [1.29, 1.82) is 0 Å². The van der Waals surface area contributed by atoms with E-state index >= 15 is 0 Å². The van der Waals surface area contributed by atoms with Crippen molar-refractivity contribution in [3.05, 3.63) is 72.1 Å². The standard InChI is InChI=1S/C25H24N8O/c34-25(28-18-8-11-33(12-9-18)15-16-5-2-1-3-6-16)17-13-19-21(31-32-22(19)27-14-17)24-29-20-7-4-10-26-23(20)30-24/h1-7,10,13-14,18H,8-9,11-12,15H2,(H,28,34)(H,26,29,30)(H,27,31,32). The highest BCUT2D eigenvalue weighted by atomic mass is 16.1. The van der Waals surface area contributed by atoms with Gasteiger partial charge in [0, 0.05) is 38.1 Å². The van der Waals surface area contributed by atoms with E-state index in [1.807, 2.05) is 24.3 Å². The fraction of sp³-hybridized carbons (Fsp3) is 0.240. The van der Waals surface area contributed by atoms with Gasteiger partial charge in [0.15, 0.2) is 17.1 Å².